The quantitative estimate of drug-likeness (QED) is 0.586. The minimum absolute atomic E-state index is 0.0653. The fourth-order valence-electron chi connectivity index (χ4n) is 2.10. The predicted molar refractivity (Wildman–Crippen MR) is 77.3 cm³/mol. The number of aliphatic hydroxyl groups excluding tert-OH is 1. The van der Waals surface area contributed by atoms with Crippen LogP contribution < -0.4 is 0 Å². The Kier molecular flexibility index (Phi) is 5.98. The van der Waals surface area contributed by atoms with Gasteiger partial charge in [0.05, 0.1) is 6.61 Å². The second-order valence-electron chi connectivity index (χ2n) is 4.74. The molecule has 0 spiro atoms. The molecule has 0 aromatic heterocycles. The van der Waals surface area contributed by atoms with E-state index < -0.39 is 0 Å². The Morgan fingerprint density at radius 1 is 1.38 bits per heavy atom. The lowest BCUT2D eigenvalue weighted by Gasteiger charge is -2.20. The summed E-state index contributed by atoms with van der Waals surface area (Å²) in [6.45, 7) is 3.98. The molecule has 2 amide bonds. The average Bonchev–Trinajstić information content (AvgIpc) is 3.31. The van der Waals surface area contributed by atoms with Crippen molar-refractivity contribution in [3.05, 3.63) is 35.9 Å². The molecule has 1 aliphatic heterocycles. The molecule has 1 aliphatic rings. The van der Waals surface area contributed by atoms with E-state index in [0.717, 1.165) is 12.0 Å². The minimum atomic E-state index is -0.313. The first-order valence-corrected chi connectivity index (χ1v) is 7.26. The highest BCUT2D eigenvalue weighted by atomic mass is 16.8. The highest BCUT2D eigenvalue weighted by Gasteiger charge is 2.44. The molecule has 0 bridgehead atoms. The smallest absolute Gasteiger partial charge is 0.347 e. The number of hydrogen-bond donors (Lipinski definition) is 1. The van der Waals surface area contributed by atoms with Crippen molar-refractivity contribution < 1.29 is 19.5 Å². The molecule has 6 heteroatoms. The van der Waals surface area contributed by atoms with Crippen molar-refractivity contribution in [1.82, 2.24) is 9.96 Å². The molecule has 116 valence electrons. The van der Waals surface area contributed by atoms with Crippen LogP contribution in [0.25, 0.3) is 0 Å². The van der Waals surface area contributed by atoms with E-state index in [0.29, 0.717) is 26.3 Å². The molecule has 1 atom stereocenters. The van der Waals surface area contributed by atoms with Crippen molar-refractivity contribution in [3.8, 4) is 0 Å². The maximum atomic E-state index is 12.3. The first-order valence-electron chi connectivity index (χ1n) is 7.26. The largest absolute Gasteiger partial charge is 0.395 e. The second-order valence-corrected chi connectivity index (χ2v) is 4.74. The Bertz CT molecular complexity index is 441. The Hall–Kier alpha value is -1.63. The lowest BCUT2D eigenvalue weighted by atomic mass is 10.2. The third kappa shape index (κ3) is 4.42. The Balaban J connectivity index is 1.85. The van der Waals surface area contributed by atoms with Crippen molar-refractivity contribution in [2.75, 3.05) is 32.9 Å². The molecular formula is C15H22N2O4. The number of amides is 2. The first-order chi connectivity index (χ1) is 10.3. The first kappa shape index (κ1) is 15.8. The summed E-state index contributed by atoms with van der Waals surface area (Å²) in [5.41, 5.74) is 0.948. The van der Waals surface area contributed by atoms with Gasteiger partial charge >= 0.3 is 6.03 Å². The number of ether oxygens (including phenoxy) is 1. The fraction of sp³-hybridized carbons (Fsp3) is 0.533. The normalized spacial score (nSPS) is 16.9. The molecule has 0 radical (unpaired) electrons. The molecule has 1 aromatic carbocycles. The van der Waals surface area contributed by atoms with Crippen LogP contribution in [-0.4, -0.2) is 54.0 Å². The predicted octanol–water partition coefficient (Wildman–Crippen LogP) is 1.77. The van der Waals surface area contributed by atoms with Crippen molar-refractivity contribution in [3.63, 3.8) is 0 Å². The van der Waals surface area contributed by atoms with E-state index in [2.05, 4.69) is 0 Å². The van der Waals surface area contributed by atoms with Gasteiger partial charge in [-0.2, -0.15) is 5.06 Å². The van der Waals surface area contributed by atoms with E-state index in [-0.39, 0.29) is 18.9 Å². The van der Waals surface area contributed by atoms with Gasteiger partial charge in [-0.25, -0.2) is 9.63 Å². The third-order valence-electron chi connectivity index (χ3n) is 3.22. The maximum absolute atomic E-state index is 12.3. The average molecular weight is 294 g/mol. The van der Waals surface area contributed by atoms with Crippen molar-refractivity contribution in [2.24, 2.45) is 0 Å². The van der Waals surface area contributed by atoms with Gasteiger partial charge in [-0.1, -0.05) is 30.3 Å². The molecule has 2 rings (SSSR count). The van der Waals surface area contributed by atoms with E-state index in [9.17, 15) is 4.79 Å². The number of carbonyl (C=O) groups is 1. The van der Waals surface area contributed by atoms with E-state index in [4.69, 9.17) is 14.7 Å². The van der Waals surface area contributed by atoms with Gasteiger partial charge in [0.1, 0.15) is 0 Å². The maximum Gasteiger partial charge on any atom is 0.347 e. The van der Waals surface area contributed by atoms with Crippen molar-refractivity contribution in [2.45, 2.75) is 19.6 Å². The Morgan fingerprint density at radius 3 is 2.81 bits per heavy atom. The molecule has 1 unspecified atom stereocenters. The summed E-state index contributed by atoms with van der Waals surface area (Å²) in [5, 5.41) is 10.4. The molecule has 1 aromatic rings. The lowest BCUT2D eigenvalue weighted by Crippen LogP contribution is -2.38. The zero-order valence-electron chi connectivity index (χ0n) is 12.3. The lowest BCUT2D eigenvalue weighted by molar-refractivity contribution is 0.110. The third-order valence-corrected chi connectivity index (χ3v) is 3.22. The Morgan fingerprint density at radius 2 is 2.14 bits per heavy atom. The summed E-state index contributed by atoms with van der Waals surface area (Å²) in [6, 6.07) is 9.37. The van der Waals surface area contributed by atoms with Gasteiger partial charge in [0.15, 0.2) is 0 Å². The summed E-state index contributed by atoms with van der Waals surface area (Å²) < 4.78 is 5.26. The van der Waals surface area contributed by atoms with Gasteiger partial charge in [0.2, 0.25) is 6.23 Å². The van der Waals surface area contributed by atoms with E-state index >= 15 is 0 Å². The SMILES string of the molecule is CCOCCCN(CCO)C(=O)N1OC1c1ccccc1. The van der Waals surface area contributed by atoms with Crippen LogP contribution in [0.3, 0.4) is 0 Å². The van der Waals surface area contributed by atoms with Gasteiger partial charge in [0.25, 0.3) is 0 Å². The van der Waals surface area contributed by atoms with E-state index in [1.165, 1.54) is 5.06 Å². The number of rotatable bonds is 8. The zero-order chi connectivity index (χ0) is 15.1. The van der Waals surface area contributed by atoms with Gasteiger partial charge < -0.3 is 14.7 Å². The Labute approximate surface area is 124 Å². The molecule has 21 heavy (non-hydrogen) atoms. The number of hydrogen-bond acceptors (Lipinski definition) is 4. The number of aliphatic hydroxyl groups is 1. The van der Waals surface area contributed by atoms with Crippen LogP contribution in [0.2, 0.25) is 0 Å². The summed E-state index contributed by atoms with van der Waals surface area (Å²) in [7, 11) is 0. The molecule has 1 fully saturated rings. The molecule has 1 saturated heterocycles. The van der Waals surface area contributed by atoms with Crippen molar-refractivity contribution in [1.29, 1.82) is 0 Å². The summed E-state index contributed by atoms with van der Waals surface area (Å²) in [4.78, 5) is 19.3. The van der Waals surface area contributed by atoms with Crippen molar-refractivity contribution >= 4 is 6.03 Å². The summed E-state index contributed by atoms with van der Waals surface area (Å²) in [6.07, 6.45) is 0.426. The number of benzene rings is 1. The van der Waals surface area contributed by atoms with Gasteiger partial charge in [-0.05, 0) is 13.3 Å². The minimum Gasteiger partial charge on any atom is -0.395 e. The summed E-state index contributed by atoms with van der Waals surface area (Å²) >= 11 is 0. The van der Waals surface area contributed by atoms with Gasteiger partial charge in [0, 0.05) is 31.9 Å². The topological polar surface area (TPSA) is 65.3 Å². The zero-order valence-corrected chi connectivity index (χ0v) is 12.3. The standard InChI is InChI=1S/C15H22N2O4/c1-2-20-12-6-9-16(10-11-18)15(19)17-14(21-17)13-7-4-3-5-8-13/h3-5,7-8,14,18H,2,6,9-12H2,1H3. The van der Waals surface area contributed by atoms with Crippen LogP contribution >= 0.6 is 0 Å². The molecule has 0 saturated carbocycles. The molecule has 1 heterocycles. The molecule has 0 aliphatic carbocycles. The van der Waals surface area contributed by atoms with Crippen LogP contribution in [0, 0.1) is 0 Å². The molecule has 1 N–H and O–H groups in total. The van der Waals surface area contributed by atoms with Gasteiger partial charge in [-0.15, -0.1) is 0 Å². The number of nitrogens with zero attached hydrogens (tertiary/aromatic N) is 2. The van der Waals surface area contributed by atoms with Crippen LogP contribution in [-0.2, 0) is 9.57 Å². The van der Waals surface area contributed by atoms with Crippen LogP contribution in [0.4, 0.5) is 4.79 Å². The highest BCUT2D eigenvalue weighted by molar-refractivity contribution is 5.75. The highest BCUT2D eigenvalue weighted by Crippen LogP contribution is 2.37. The number of hydroxylamine groups is 2. The number of carbonyl (C=O) groups excluding carboxylic acids is 1. The molecular weight excluding hydrogens is 272 g/mol. The second kappa shape index (κ2) is 7.97. The van der Waals surface area contributed by atoms with E-state index in [1.54, 1.807) is 4.90 Å². The van der Waals surface area contributed by atoms with E-state index in [1.807, 2.05) is 37.3 Å². The van der Waals surface area contributed by atoms with Crippen LogP contribution in [0.1, 0.15) is 25.1 Å². The molecule has 6 nitrogen and oxygen atoms in total. The summed E-state index contributed by atoms with van der Waals surface area (Å²) in [5.74, 6) is 0. The fourth-order valence-corrected chi connectivity index (χ4v) is 2.10. The monoisotopic (exact) mass is 294 g/mol. The van der Waals surface area contributed by atoms with Crippen LogP contribution in [0.5, 0.6) is 0 Å². The number of urea groups is 1. The van der Waals surface area contributed by atoms with Gasteiger partial charge in [-0.3, -0.25) is 0 Å². The van der Waals surface area contributed by atoms with Crippen LogP contribution in [0.15, 0.2) is 30.3 Å².